The maximum atomic E-state index is 5.45. The molecule has 4 heterocycles. The zero-order valence-electron chi connectivity index (χ0n) is 15.8. The van der Waals surface area contributed by atoms with Crippen LogP contribution in [0, 0.1) is 5.92 Å². The van der Waals surface area contributed by atoms with Crippen molar-refractivity contribution in [2.45, 2.75) is 31.8 Å². The number of anilines is 1. The van der Waals surface area contributed by atoms with Crippen LogP contribution in [0.15, 0.2) is 43.2 Å². The zero-order valence-corrected chi connectivity index (χ0v) is 15.8. The molecule has 1 fully saturated rings. The van der Waals surface area contributed by atoms with E-state index in [2.05, 4.69) is 25.4 Å². The summed E-state index contributed by atoms with van der Waals surface area (Å²) >= 11 is 0. The Morgan fingerprint density at radius 2 is 2.00 bits per heavy atom. The normalized spacial score (nSPS) is 20.0. The molecular weight excluding hydrogens is 354 g/mol. The third-order valence-electron chi connectivity index (χ3n) is 5.65. The highest BCUT2D eigenvalue weighted by molar-refractivity contribution is 5.79. The van der Waals surface area contributed by atoms with Gasteiger partial charge in [-0.2, -0.15) is 0 Å². The van der Waals surface area contributed by atoms with Crippen molar-refractivity contribution in [3.8, 4) is 11.1 Å². The second-order valence-corrected chi connectivity index (χ2v) is 7.38. The van der Waals surface area contributed by atoms with E-state index < -0.39 is 0 Å². The fourth-order valence-corrected chi connectivity index (χ4v) is 3.99. The summed E-state index contributed by atoms with van der Waals surface area (Å²) in [5, 5.41) is 8.02. The van der Waals surface area contributed by atoms with Crippen molar-refractivity contribution in [2.24, 2.45) is 5.92 Å². The molecule has 144 valence electrons. The van der Waals surface area contributed by atoms with Crippen molar-refractivity contribution in [3.63, 3.8) is 0 Å². The van der Waals surface area contributed by atoms with Crippen LogP contribution in [0.4, 0.5) is 5.95 Å². The van der Waals surface area contributed by atoms with Gasteiger partial charge in [-0.25, -0.2) is 19.5 Å². The van der Waals surface area contributed by atoms with E-state index in [1.54, 1.807) is 13.3 Å². The highest BCUT2D eigenvalue weighted by Crippen LogP contribution is 2.27. The Morgan fingerprint density at radius 1 is 1.11 bits per heavy atom. The number of fused-ring (bicyclic) bond motifs is 2. The summed E-state index contributed by atoms with van der Waals surface area (Å²) in [5.74, 6) is 2.00. The number of rotatable bonds is 5. The van der Waals surface area contributed by atoms with Crippen molar-refractivity contribution in [1.82, 2.24) is 29.0 Å². The van der Waals surface area contributed by atoms with Crippen LogP contribution < -0.4 is 5.32 Å². The minimum Gasteiger partial charge on any atom is -0.381 e. The van der Waals surface area contributed by atoms with E-state index >= 15 is 0 Å². The third-order valence-corrected chi connectivity index (χ3v) is 5.65. The van der Waals surface area contributed by atoms with Gasteiger partial charge >= 0.3 is 0 Å². The Hall–Kier alpha value is -3.00. The van der Waals surface area contributed by atoms with E-state index in [1.165, 1.54) is 12.8 Å². The summed E-state index contributed by atoms with van der Waals surface area (Å²) in [7, 11) is 1.81. The van der Waals surface area contributed by atoms with Crippen molar-refractivity contribution >= 4 is 17.2 Å². The average molecular weight is 377 g/mol. The fourth-order valence-electron chi connectivity index (χ4n) is 3.99. The maximum absolute atomic E-state index is 5.45. The fraction of sp³-hybridized carbons (Fsp3) is 0.400. The van der Waals surface area contributed by atoms with Crippen LogP contribution in [0.3, 0.4) is 0 Å². The van der Waals surface area contributed by atoms with E-state index in [-0.39, 0.29) is 0 Å². The van der Waals surface area contributed by atoms with Crippen molar-refractivity contribution in [1.29, 1.82) is 0 Å². The van der Waals surface area contributed by atoms with E-state index in [4.69, 9.17) is 4.74 Å². The summed E-state index contributed by atoms with van der Waals surface area (Å²) < 4.78 is 9.23. The number of imidazole rings is 1. The van der Waals surface area contributed by atoms with Crippen LogP contribution in [-0.2, 0) is 4.74 Å². The van der Waals surface area contributed by atoms with Gasteiger partial charge in [-0.3, -0.25) is 4.40 Å². The first-order chi connectivity index (χ1) is 13.8. The molecule has 0 spiro atoms. The van der Waals surface area contributed by atoms with Gasteiger partial charge in [0.2, 0.25) is 11.7 Å². The Kier molecular flexibility index (Phi) is 4.40. The highest BCUT2D eigenvalue weighted by atomic mass is 16.5. The average Bonchev–Trinajstić information content (AvgIpc) is 3.38. The number of nitrogens with one attached hydrogen (secondary N) is 1. The van der Waals surface area contributed by atoms with Crippen molar-refractivity contribution in [3.05, 3.63) is 43.2 Å². The molecule has 5 rings (SSSR count). The van der Waals surface area contributed by atoms with Crippen LogP contribution in [0.2, 0.25) is 0 Å². The van der Waals surface area contributed by atoms with Crippen LogP contribution >= 0.6 is 0 Å². The van der Waals surface area contributed by atoms with Crippen molar-refractivity contribution < 1.29 is 4.74 Å². The van der Waals surface area contributed by atoms with Gasteiger partial charge < -0.3 is 10.1 Å². The number of aromatic nitrogens is 6. The Bertz CT molecular complexity index is 1090. The molecule has 1 aliphatic carbocycles. The lowest BCUT2D eigenvalue weighted by Crippen LogP contribution is -2.25. The molecule has 1 N–H and O–H groups in total. The molecule has 4 aromatic rings. The molecule has 0 amide bonds. The number of ether oxygens (including phenoxy) is 1. The summed E-state index contributed by atoms with van der Waals surface area (Å²) in [6, 6.07) is 2.04. The van der Waals surface area contributed by atoms with Gasteiger partial charge in [0.25, 0.3) is 0 Å². The van der Waals surface area contributed by atoms with Gasteiger partial charge in [0.05, 0.1) is 17.8 Å². The molecule has 8 nitrogen and oxygen atoms in total. The largest absolute Gasteiger partial charge is 0.381 e. The summed E-state index contributed by atoms with van der Waals surface area (Å²) in [5.41, 5.74) is 3.01. The second-order valence-electron chi connectivity index (χ2n) is 7.38. The van der Waals surface area contributed by atoms with Gasteiger partial charge in [-0.15, -0.1) is 5.10 Å². The van der Waals surface area contributed by atoms with E-state index in [9.17, 15) is 0 Å². The summed E-state index contributed by atoms with van der Waals surface area (Å²) in [6.45, 7) is 0.900. The minimum absolute atomic E-state index is 0.429. The van der Waals surface area contributed by atoms with Crippen molar-refractivity contribution in [2.75, 3.05) is 19.0 Å². The zero-order chi connectivity index (χ0) is 18.9. The number of nitrogens with zero attached hydrogens (tertiary/aromatic N) is 6. The first-order valence-corrected chi connectivity index (χ1v) is 9.70. The maximum Gasteiger partial charge on any atom is 0.241 e. The molecule has 0 saturated heterocycles. The minimum atomic E-state index is 0.429. The first kappa shape index (κ1) is 17.1. The molecule has 0 bridgehead atoms. The Balaban J connectivity index is 1.32. The number of methoxy groups -OCH3 is 1. The molecule has 0 aliphatic heterocycles. The highest BCUT2D eigenvalue weighted by Gasteiger charge is 2.20. The summed E-state index contributed by atoms with van der Waals surface area (Å²) in [6.07, 6.45) is 16.4. The number of hydrogen-bond acceptors (Lipinski definition) is 6. The molecule has 1 saturated carbocycles. The lowest BCUT2D eigenvalue weighted by molar-refractivity contribution is 0.0585. The standard InChI is InChI=1S/C20H23N7O/c1-28-16-4-2-14(3-5-16)10-22-19-23-12-18-17(6-8-27(18)25-19)15-11-24-20-21-7-9-26(20)13-15/h6-9,11-14,16H,2-5,10H2,1H3,(H,22,25). The second kappa shape index (κ2) is 7.20. The van der Waals surface area contributed by atoms with E-state index in [0.717, 1.165) is 36.0 Å². The predicted octanol–water partition coefficient (Wildman–Crippen LogP) is 3.06. The van der Waals surface area contributed by atoms with E-state index in [0.29, 0.717) is 23.7 Å². The molecule has 4 aromatic heterocycles. The van der Waals surface area contributed by atoms with Crippen LogP contribution in [0.25, 0.3) is 22.4 Å². The van der Waals surface area contributed by atoms with E-state index in [1.807, 2.05) is 46.0 Å². The Labute approximate surface area is 162 Å². The quantitative estimate of drug-likeness (QED) is 0.576. The van der Waals surface area contributed by atoms with Gasteiger partial charge in [0.15, 0.2) is 0 Å². The topological polar surface area (TPSA) is 81.6 Å². The van der Waals surface area contributed by atoms with Crippen LogP contribution in [0.1, 0.15) is 25.7 Å². The van der Waals surface area contributed by atoms with Gasteiger partial charge in [-0.1, -0.05) is 0 Å². The lowest BCUT2D eigenvalue weighted by Gasteiger charge is -2.27. The van der Waals surface area contributed by atoms with Crippen LogP contribution in [-0.4, -0.2) is 48.7 Å². The van der Waals surface area contributed by atoms with Gasteiger partial charge in [0.1, 0.15) is 0 Å². The third kappa shape index (κ3) is 3.20. The SMILES string of the molecule is COC1CCC(CNc2ncc3c(-c4cnc5nccn5c4)ccn3n2)CC1. The van der Waals surface area contributed by atoms with Crippen LogP contribution in [0.5, 0.6) is 0 Å². The summed E-state index contributed by atoms with van der Waals surface area (Å²) in [4.78, 5) is 13.1. The molecule has 0 radical (unpaired) electrons. The van der Waals surface area contributed by atoms with Gasteiger partial charge in [-0.05, 0) is 37.7 Å². The molecule has 8 heteroatoms. The van der Waals surface area contributed by atoms with Gasteiger partial charge in [0, 0.05) is 55.8 Å². The lowest BCUT2D eigenvalue weighted by atomic mass is 9.87. The Morgan fingerprint density at radius 3 is 2.86 bits per heavy atom. The molecule has 0 aromatic carbocycles. The molecule has 0 atom stereocenters. The number of hydrogen-bond donors (Lipinski definition) is 1. The smallest absolute Gasteiger partial charge is 0.241 e. The molecule has 28 heavy (non-hydrogen) atoms. The monoisotopic (exact) mass is 377 g/mol. The molecular formula is C20H23N7O. The predicted molar refractivity (Wildman–Crippen MR) is 106 cm³/mol. The first-order valence-electron chi connectivity index (χ1n) is 9.70. The molecule has 0 unspecified atom stereocenters. The molecule has 1 aliphatic rings.